The van der Waals surface area contributed by atoms with Crippen molar-refractivity contribution in [2.24, 2.45) is 0 Å². The first-order valence-electron chi connectivity index (χ1n) is 28.1. The van der Waals surface area contributed by atoms with E-state index in [4.69, 9.17) is 29.2 Å². The molecule has 0 aromatic carbocycles. The maximum absolute atomic E-state index is 12.5. The lowest BCUT2D eigenvalue weighted by atomic mass is 10.0. The minimum Gasteiger partial charge on any atom is -0.481 e. The zero-order valence-electron chi connectivity index (χ0n) is 46.8. The van der Waals surface area contributed by atoms with Gasteiger partial charge in [0.25, 0.3) is 0 Å². The fraction of sp³-hybridized carbons (Fsp3) is 0.792. The van der Waals surface area contributed by atoms with Gasteiger partial charge in [0.05, 0.1) is 45.7 Å². The summed E-state index contributed by atoms with van der Waals surface area (Å²) in [5.74, 6) is -8.35. The van der Waals surface area contributed by atoms with Crippen LogP contribution in [0.2, 0.25) is 0 Å². The van der Waals surface area contributed by atoms with E-state index >= 15 is 0 Å². The lowest BCUT2D eigenvalue weighted by Gasteiger charge is -2.17. The number of hydrogen-bond acceptors (Lipinski definition) is 17. The fourth-order valence-corrected chi connectivity index (χ4v) is 7.85. The number of carbonyl (C=O) groups excluding carboxylic acids is 7. The van der Waals surface area contributed by atoms with Gasteiger partial charge in [-0.25, -0.2) is 14.4 Å². The van der Waals surface area contributed by atoms with Crippen molar-refractivity contribution in [1.82, 2.24) is 37.2 Å². The lowest BCUT2D eigenvalue weighted by molar-refractivity contribution is -0.144. The molecule has 0 bridgehead atoms. The van der Waals surface area contributed by atoms with Gasteiger partial charge in [-0.3, -0.25) is 38.4 Å². The van der Waals surface area contributed by atoms with Crippen LogP contribution in [0.25, 0.3) is 0 Å². The average Bonchev–Trinajstić information content (AvgIpc) is 3.41. The van der Waals surface area contributed by atoms with Gasteiger partial charge in [0, 0.05) is 51.7 Å². The molecule has 0 heterocycles. The van der Waals surface area contributed by atoms with E-state index in [1.807, 2.05) is 0 Å². The Morgan fingerprint density at radius 2 is 0.713 bits per heavy atom. The number of ether oxygens (including phenoxy) is 4. The third kappa shape index (κ3) is 44.9. The van der Waals surface area contributed by atoms with Gasteiger partial charge in [-0.15, -0.1) is 0 Å². The van der Waals surface area contributed by atoms with E-state index in [1.54, 1.807) is 7.05 Å². The maximum Gasteiger partial charge on any atom is 0.326 e. The van der Waals surface area contributed by atoms with Crippen molar-refractivity contribution < 1.29 is 97.2 Å². The number of carboxylic acid groups (broad SMARTS) is 4. The number of rotatable bonds is 56. The minimum absolute atomic E-state index is 0.0347. The summed E-state index contributed by atoms with van der Waals surface area (Å²) in [6.45, 7) is -0.351. The number of carboxylic acids is 4. The maximum atomic E-state index is 12.5. The highest BCUT2D eigenvalue weighted by Gasteiger charge is 2.25. The van der Waals surface area contributed by atoms with Gasteiger partial charge in [0.1, 0.15) is 37.9 Å². The molecule has 0 spiro atoms. The van der Waals surface area contributed by atoms with E-state index in [0.29, 0.717) is 25.7 Å². The van der Waals surface area contributed by atoms with Crippen molar-refractivity contribution in [2.45, 2.75) is 185 Å². The first-order chi connectivity index (χ1) is 38.4. The van der Waals surface area contributed by atoms with E-state index in [1.165, 1.54) is 32.1 Å². The van der Waals surface area contributed by atoms with Crippen LogP contribution in [0.1, 0.15) is 161 Å². The topological polar surface area (TPSA) is 410 Å². The van der Waals surface area contributed by atoms with E-state index in [9.17, 15) is 68.1 Å². The molecule has 27 heteroatoms. The van der Waals surface area contributed by atoms with Crippen LogP contribution in [-0.2, 0) is 71.7 Å². The van der Waals surface area contributed by atoms with E-state index < -0.39 is 97.2 Å². The molecule has 0 aromatic rings. The van der Waals surface area contributed by atoms with E-state index in [-0.39, 0.29) is 123 Å². The summed E-state index contributed by atoms with van der Waals surface area (Å²) in [5.41, 5.74) is 0. The number of nitrogens with one attached hydrogen (secondary N) is 7. The Morgan fingerprint density at radius 3 is 1.14 bits per heavy atom. The second-order valence-electron chi connectivity index (χ2n) is 19.2. The van der Waals surface area contributed by atoms with Gasteiger partial charge >= 0.3 is 23.9 Å². The smallest absolute Gasteiger partial charge is 0.326 e. The standard InChI is InChI=1S/C53H93N7O20/c1-54-39(43(62)36-61)18-16-17-27-55-44(63)24-21-41(52(73)74)59-47(66)26-23-42(53(75)76)60-49(68)38-80-35-33-78-31-29-57-48(67)37-79-34-32-77-30-28-56-45(64)25-22-40(51(71)72)58-46(65)19-14-12-10-8-6-4-2-3-5-7-9-11-13-15-20-50(69)70/h39-42,54,61H,2-38H2,1H3,(H,55,63)(H,56,64)(H,57,67)(H,58,65)(H,59,66)(H,60,68)(H,69,70)(H,71,72)(H,73,74)(H,75,76)/t39-,40-,41-,42-/m0/s1. The van der Waals surface area contributed by atoms with Crippen LogP contribution in [0.5, 0.6) is 0 Å². The molecule has 4 atom stereocenters. The Morgan fingerprint density at radius 1 is 0.350 bits per heavy atom. The second-order valence-corrected chi connectivity index (χ2v) is 19.2. The van der Waals surface area contributed by atoms with Gasteiger partial charge in [-0.1, -0.05) is 77.0 Å². The predicted octanol–water partition coefficient (Wildman–Crippen LogP) is 1.10. The highest BCUT2D eigenvalue weighted by molar-refractivity contribution is 5.87. The first kappa shape index (κ1) is 74.1. The number of carbonyl (C=O) groups is 11. The van der Waals surface area contributed by atoms with E-state index in [0.717, 1.165) is 51.4 Å². The normalized spacial score (nSPS) is 12.5. The number of likely N-dealkylation sites (N-methyl/N-ethyl adjacent to an activating group) is 1. The number of aliphatic carboxylic acids is 4. The molecule has 460 valence electrons. The Hall–Kier alpha value is -5.87. The number of hydrogen-bond donors (Lipinski definition) is 12. The van der Waals surface area contributed by atoms with Crippen molar-refractivity contribution in [1.29, 1.82) is 0 Å². The molecule has 0 fully saturated rings. The molecule has 0 saturated heterocycles. The summed E-state index contributed by atoms with van der Waals surface area (Å²) in [5, 5.41) is 63.9. The summed E-state index contributed by atoms with van der Waals surface area (Å²) < 4.78 is 21.2. The van der Waals surface area contributed by atoms with Gasteiger partial charge < -0.3 is 81.7 Å². The zero-order valence-corrected chi connectivity index (χ0v) is 46.8. The molecular formula is C53H93N7O20. The average molecular weight is 1150 g/mol. The highest BCUT2D eigenvalue weighted by atomic mass is 16.5. The molecule has 27 nitrogen and oxygen atoms in total. The van der Waals surface area contributed by atoms with Crippen molar-refractivity contribution in [3.05, 3.63) is 0 Å². The van der Waals surface area contributed by atoms with Gasteiger partial charge in [0.15, 0.2) is 5.78 Å². The van der Waals surface area contributed by atoms with Crippen LogP contribution < -0.4 is 37.2 Å². The molecule has 80 heavy (non-hydrogen) atoms. The number of aliphatic hydroxyl groups excluding tert-OH is 1. The SMILES string of the molecule is CN[C@@H](CCCCNC(=O)CC[C@H](NC(=O)CC[C@H](NC(=O)COCCOCCNC(=O)COCCOCCNC(=O)CC[C@H](NC(=O)CCCCCCCCCCCCCCCCC(=O)O)C(=O)O)C(=O)O)C(=O)O)C(=O)CO. The first-order valence-corrected chi connectivity index (χ1v) is 28.1. The molecule has 0 radical (unpaired) electrons. The molecule has 12 N–H and O–H groups in total. The van der Waals surface area contributed by atoms with Crippen molar-refractivity contribution in [2.75, 3.05) is 86.1 Å². The number of Topliss-reactive ketones (excluding diaryl/α,β-unsaturated/α-hetero) is 1. The van der Waals surface area contributed by atoms with Crippen LogP contribution in [0.4, 0.5) is 0 Å². The van der Waals surface area contributed by atoms with Crippen LogP contribution >= 0.6 is 0 Å². The molecule has 0 aliphatic heterocycles. The van der Waals surface area contributed by atoms with E-state index in [2.05, 4.69) is 37.2 Å². The molecule has 0 rings (SSSR count). The predicted molar refractivity (Wildman–Crippen MR) is 289 cm³/mol. The Bertz CT molecular complexity index is 1810. The van der Waals surface area contributed by atoms with Crippen molar-refractivity contribution in [3.63, 3.8) is 0 Å². The number of aliphatic hydroxyl groups is 1. The summed E-state index contributed by atoms with van der Waals surface area (Å²) in [4.78, 5) is 131. The van der Waals surface area contributed by atoms with Crippen molar-refractivity contribution >= 4 is 65.1 Å². The highest BCUT2D eigenvalue weighted by Crippen LogP contribution is 2.14. The fourth-order valence-electron chi connectivity index (χ4n) is 7.85. The third-order valence-corrected chi connectivity index (χ3v) is 12.4. The van der Waals surface area contributed by atoms with Crippen LogP contribution in [0.15, 0.2) is 0 Å². The molecule has 0 aliphatic rings. The summed E-state index contributed by atoms with van der Waals surface area (Å²) >= 11 is 0. The molecule has 0 aliphatic carbocycles. The van der Waals surface area contributed by atoms with Crippen molar-refractivity contribution in [3.8, 4) is 0 Å². The monoisotopic (exact) mass is 1150 g/mol. The largest absolute Gasteiger partial charge is 0.481 e. The minimum atomic E-state index is -1.49. The molecular weight excluding hydrogens is 1050 g/mol. The Labute approximate surface area is 469 Å². The number of ketones is 1. The summed E-state index contributed by atoms with van der Waals surface area (Å²) in [7, 11) is 1.60. The third-order valence-electron chi connectivity index (χ3n) is 12.4. The second kappa shape index (κ2) is 50.1. The molecule has 6 amide bonds. The lowest BCUT2D eigenvalue weighted by Crippen LogP contribution is -2.45. The van der Waals surface area contributed by atoms with Crippen LogP contribution in [-0.4, -0.2) is 201 Å². The number of unbranched alkanes of at least 4 members (excludes halogenated alkanes) is 14. The Kier molecular flexibility index (Phi) is 46.4. The van der Waals surface area contributed by atoms with Crippen LogP contribution in [0.3, 0.4) is 0 Å². The van der Waals surface area contributed by atoms with Gasteiger partial charge in [-0.2, -0.15) is 0 Å². The summed E-state index contributed by atoms with van der Waals surface area (Å²) in [6.07, 6.45) is 15.3. The quantitative estimate of drug-likeness (QED) is 0.0379. The Balaban J connectivity index is 3.98. The van der Waals surface area contributed by atoms with Gasteiger partial charge in [-0.05, 0) is 58.4 Å². The molecule has 0 aromatic heterocycles. The van der Waals surface area contributed by atoms with Crippen LogP contribution in [0, 0.1) is 0 Å². The van der Waals surface area contributed by atoms with Gasteiger partial charge in [0.2, 0.25) is 35.4 Å². The molecule has 0 saturated carbocycles. The zero-order chi connectivity index (χ0) is 59.6. The summed E-state index contributed by atoms with van der Waals surface area (Å²) in [6, 6.07) is -4.60. The number of amides is 6. The molecule has 0 unspecified atom stereocenters.